The second-order valence-electron chi connectivity index (χ2n) is 5.17. The van der Waals surface area contributed by atoms with E-state index in [1.54, 1.807) is 0 Å². The van der Waals surface area contributed by atoms with Crippen molar-refractivity contribution in [3.8, 4) is 0 Å². The fraction of sp³-hybridized carbons (Fsp3) is 0.769. The molecule has 17 heavy (non-hydrogen) atoms. The molecule has 1 fully saturated rings. The monoisotopic (exact) mass is 236 g/mol. The maximum absolute atomic E-state index is 4.24. The van der Waals surface area contributed by atoms with E-state index in [9.17, 15) is 0 Å². The van der Waals surface area contributed by atoms with E-state index in [0.29, 0.717) is 12.1 Å². The molecule has 1 atom stereocenters. The average molecular weight is 236 g/mol. The Morgan fingerprint density at radius 3 is 3.06 bits per heavy atom. The fourth-order valence-electron chi connectivity index (χ4n) is 2.47. The second-order valence-corrected chi connectivity index (χ2v) is 5.17. The van der Waals surface area contributed by atoms with Gasteiger partial charge in [-0.05, 0) is 46.2 Å². The highest BCUT2D eigenvalue weighted by atomic mass is 15.1. The lowest BCUT2D eigenvalue weighted by molar-refractivity contribution is 0.229. The number of aromatic nitrogens is 2. The Balaban J connectivity index is 1.75. The van der Waals surface area contributed by atoms with Crippen molar-refractivity contribution in [3.63, 3.8) is 0 Å². The van der Waals surface area contributed by atoms with E-state index in [0.717, 1.165) is 12.4 Å². The number of nitrogens with zero attached hydrogens (tertiary/aromatic N) is 2. The standard InChI is InChI=1S/C13H24N4/c1-11(2)17-8-3-4-12(5-9-17)16-10-13-14-6-7-15-13/h6-7,11-12,16H,3-5,8-10H2,1-2H3,(H,14,15). The second kappa shape index (κ2) is 6.17. The highest BCUT2D eigenvalue weighted by Crippen LogP contribution is 2.13. The molecule has 4 heteroatoms. The fourth-order valence-corrected chi connectivity index (χ4v) is 2.47. The molecule has 1 unspecified atom stereocenters. The average Bonchev–Trinajstić information content (AvgIpc) is 2.70. The topological polar surface area (TPSA) is 44.0 Å². The van der Waals surface area contributed by atoms with Crippen LogP contribution in [0, 0.1) is 0 Å². The third-order valence-electron chi connectivity index (χ3n) is 3.61. The molecule has 0 aromatic carbocycles. The summed E-state index contributed by atoms with van der Waals surface area (Å²) in [5.74, 6) is 1.04. The summed E-state index contributed by atoms with van der Waals surface area (Å²) in [7, 11) is 0. The first-order valence-corrected chi connectivity index (χ1v) is 6.71. The highest BCUT2D eigenvalue weighted by Gasteiger charge is 2.18. The number of aromatic amines is 1. The summed E-state index contributed by atoms with van der Waals surface area (Å²) in [6.07, 6.45) is 7.52. The first-order valence-electron chi connectivity index (χ1n) is 6.71. The summed E-state index contributed by atoms with van der Waals surface area (Å²) in [4.78, 5) is 9.95. The molecule has 1 aliphatic heterocycles. The van der Waals surface area contributed by atoms with Crippen molar-refractivity contribution in [2.75, 3.05) is 13.1 Å². The van der Waals surface area contributed by atoms with Gasteiger partial charge in [0, 0.05) is 24.5 Å². The molecule has 0 bridgehead atoms. The first kappa shape index (κ1) is 12.6. The van der Waals surface area contributed by atoms with Crippen LogP contribution in [0.2, 0.25) is 0 Å². The van der Waals surface area contributed by atoms with Crippen molar-refractivity contribution in [2.24, 2.45) is 0 Å². The molecular formula is C13H24N4. The zero-order valence-corrected chi connectivity index (χ0v) is 10.9. The van der Waals surface area contributed by atoms with E-state index in [1.807, 2.05) is 12.4 Å². The van der Waals surface area contributed by atoms with Gasteiger partial charge in [-0.3, -0.25) is 0 Å². The molecular weight excluding hydrogens is 212 g/mol. The summed E-state index contributed by atoms with van der Waals surface area (Å²) in [6, 6.07) is 1.32. The molecule has 2 N–H and O–H groups in total. The minimum Gasteiger partial charge on any atom is -0.348 e. The molecule has 0 aliphatic carbocycles. The van der Waals surface area contributed by atoms with Gasteiger partial charge in [0.15, 0.2) is 0 Å². The van der Waals surface area contributed by atoms with Crippen LogP contribution in [-0.2, 0) is 6.54 Å². The lowest BCUT2D eigenvalue weighted by atomic mass is 10.1. The van der Waals surface area contributed by atoms with Gasteiger partial charge in [-0.1, -0.05) is 0 Å². The maximum atomic E-state index is 4.24. The number of hydrogen-bond donors (Lipinski definition) is 2. The van der Waals surface area contributed by atoms with E-state index < -0.39 is 0 Å². The van der Waals surface area contributed by atoms with Crippen LogP contribution in [0.1, 0.15) is 38.9 Å². The van der Waals surface area contributed by atoms with E-state index in [-0.39, 0.29) is 0 Å². The quantitative estimate of drug-likeness (QED) is 0.837. The van der Waals surface area contributed by atoms with E-state index in [2.05, 4.69) is 34.0 Å². The van der Waals surface area contributed by atoms with Crippen molar-refractivity contribution in [1.29, 1.82) is 0 Å². The van der Waals surface area contributed by atoms with Crippen LogP contribution in [0.4, 0.5) is 0 Å². The molecule has 2 rings (SSSR count). The van der Waals surface area contributed by atoms with Crippen molar-refractivity contribution in [2.45, 2.75) is 51.7 Å². The van der Waals surface area contributed by atoms with Gasteiger partial charge in [-0.2, -0.15) is 0 Å². The molecule has 0 amide bonds. The zero-order chi connectivity index (χ0) is 12.1. The summed E-state index contributed by atoms with van der Waals surface area (Å²) in [6.45, 7) is 7.90. The Kier molecular flexibility index (Phi) is 4.57. The van der Waals surface area contributed by atoms with Gasteiger partial charge in [0.1, 0.15) is 5.82 Å². The summed E-state index contributed by atoms with van der Waals surface area (Å²) in [5, 5.41) is 3.60. The van der Waals surface area contributed by atoms with Gasteiger partial charge in [0.2, 0.25) is 0 Å². The molecule has 1 saturated heterocycles. The molecule has 1 aromatic rings. The predicted octanol–water partition coefficient (Wildman–Crippen LogP) is 1.76. The summed E-state index contributed by atoms with van der Waals surface area (Å²) < 4.78 is 0. The Morgan fingerprint density at radius 2 is 2.35 bits per heavy atom. The van der Waals surface area contributed by atoms with Crippen LogP contribution in [0.5, 0.6) is 0 Å². The molecule has 4 nitrogen and oxygen atoms in total. The van der Waals surface area contributed by atoms with Gasteiger partial charge in [0.25, 0.3) is 0 Å². The van der Waals surface area contributed by atoms with Crippen LogP contribution >= 0.6 is 0 Å². The van der Waals surface area contributed by atoms with Crippen molar-refractivity contribution >= 4 is 0 Å². The normalized spacial score (nSPS) is 22.9. The summed E-state index contributed by atoms with van der Waals surface area (Å²) >= 11 is 0. The number of imidazole rings is 1. The predicted molar refractivity (Wildman–Crippen MR) is 69.8 cm³/mol. The molecule has 96 valence electrons. The third-order valence-corrected chi connectivity index (χ3v) is 3.61. The molecule has 1 aliphatic rings. The molecule has 0 saturated carbocycles. The Labute approximate surface area is 104 Å². The number of nitrogens with one attached hydrogen (secondary N) is 2. The van der Waals surface area contributed by atoms with Crippen LogP contribution in [0.25, 0.3) is 0 Å². The minimum absolute atomic E-state index is 0.642. The summed E-state index contributed by atoms with van der Waals surface area (Å²) in [5.41, 5.74) is 0. The van der Waals surface area contributed by atoms with E-state index in [1.165, 1.54) is 32.4 Å². The number of H-pyrrole nitrogens is 1. The van der Waals surface area contributed by atoms with Gasteiger partial charge < -0.3 is 15.2 Å². The van der Waals surface area contributed by atoms with Crippen molar-refractivity contribution in [1.82, 2.24) is 20.2 Å². The van der Waals surface area contributed by atoms with Crippen LogP contribution in [-0.4, -0.2) is 40.0 Å². The van der Waals surface area contributed by atoms with Crippen molar-refractivity contribution in [3.05, 3.63) is 18.2 Å². The number of rotatable bonds is 4. The van der Waals surface area contributed by atoms with E-state index in [4.69, 9.17) is 0 Å². The molecule has 0 spiro atoms. The van der Waals surface area contributed by atoms with Crippen LogP contribution in [0.15, 0.2) is 12.4 Å². The smallest absolute Gasteiger partial charge is 0.120 e. The first-order chi connectivity index (χ1) is 8.25. The molecule has 0 radical (unpaired) electrons. The highest BCUT2D eigenvalue weighted by molar-refractivity contribution is 4.87. The molecule has 2 heterocycles. The number of hydrogen-bond acceptors (Lipinski definition) is 3. The maximum Gasteiger partial charge on any atom is 0.120 e. The minimum atomic E-state index is 0.642. The van der Waals surface area contributed by atoms with Crippen molar-refractivity contribution < 1.29 is 0 Å². The third kappa shape index (κ3) is 3.82. The van der Waals surface area contributed by atoms with Gasteiger partial charge in [0.05, 0.1) is 6.54 Å². The van der Waals surface area contributed by atoms with E-state index >= 15 is 0 Å². The SMILES string of the molecule is CC(C)N1CCCC(NCc2ncc[nH]2)CC1. The Morgan fingerprint density at radius 1 is 1.47 bits per heavy atom. The molecule has 1 aromatic heterocycles. The van der Waals surface area contributed by atoms with Gasteiger partial charge in [-0.25, -0.2) is 4.98 Å². The Bertz CT molecular complexity index is 307. The lowest BCUT2D eigenvalue weighted by Gasteiger charge is -2.24. The Hall–Kier alpha value is -0.870. The number of likely N-dealkylation sites (tertiary alicyclic amines) is 1. The van der Waals surface area contributed by atoms with Crippen LogP contribution in [0.3, 0.4) is 0 Å². The largest absolute Gasteiger partial charge is 0.348 e. The van der Waals surface area contributed by atoms with Gasteiger partial charge in [-0.15, -0.1) is 0 Å². The lowest BCUT2D eigenvalue weighted by Crippen LogP contribution is -2.34. The van der Waals surface area contributed by atoms with Crippen LogP contribution < -0.4 is 5.32 Å². The zero-order valence-electron chi connectivity index (χ0n) is 10.9. The van der Waals surface area contributed by atoms with Gasteiger partial charge >= 0.3 is 0 Å².